The largest absolute Gasteiger partial charge is 0.481 e. The van der Waals surface area contributed by atoms with Gasteiger partial charge in [-0.2, -0.15) is 0 Å². The summed E-state index contributed by atoms with van der Waals surface area (Å²) in [4.78, 5) is 12.3. The molecule has 1 aliphatic rings. The van der Waals surface area contributed by atoms with Gasteiger partial charge in [0.05, 0.1) is 5.92 Å². The Morgan fingerprint density at radius 3 is 2.38 bits per heavy atom. The van der Waals surface area contributed by atoms with Gasteiger partial charge in [-0.1, -0.05) is 18.2 Å². The van der Waals surface area contributed by atoms with Crippen molar-refractivity contribution in [2.45, 2.75) is 18.7 Å². The second kappa shape index (κ2) is 7.00. The molecule has 0 saturated heterocycles. The second-order valence-electron chi connectivity index (χ2n) is 6.37. The van der Waals surface area contributed by atoms with E-state index in [1.54, 1.807) is 19.2 Å². The van der Waals surface area contributed by atoms with Gasteiger partial charge in [-0.15, -0.1) is 0 Å². The molecular formula is C21H19FO3S. The molecule has 0 aliphatic heterocycles. The average Bonchev–Trinajstić information content (AvgIpc) is 2.86. The Balaban J connectivity index is 2.15. The molecule has 0 heterocycles. The number of rotatable bonds is 4. The molecule has 3 rings (SSSR count). The van der Waals surface area contributed by atoms with Crippen molar-refractivity contribution >= 4 is 34.0 Å². The zero-order valence-corrected chi connectivity index (χ0v) is 15.6. The number of allylic oxidation sites excluding steroid dienone is 2. The van der Waals surface area contributed by atoms with Crippen molar-refractivity contribution in [3.8, 4) is 0 Å². The minimum absolute atomic E-state index is 0.386. The van der Waals surface area contributed by atoms with Crippen LogP contribution in [0.15, 0.2) is 52.9 Å². The highest BCUT2D eigenvalue weighted by molar-refractivity contribution is 7.84. The Hall–Kier alpha value is -2.53. The van der Waals surface area contributed by atoms with Gasteiger partial charge in [0.25, 0.3) is 0 Å². The molecule has 2 aromatic rings. The van der Waals surface area contributed by atoms with Gasteiger partial charge in [0.1, 0.15) is 5.82 Å². The summed E-state index contributed by atoms with van der Waals surface area (Å²) < 4.78 is 25.3. The molecule has 0 radical (unpaired) electrons. The molecule has 0 aromatic heterocycles. The van der Waals surface area contributed by atoms with Crippen LogP contribution >= 0.6 is 0 Å². The first kappa shape index (κ1) is 18.3. The lowest BCUT2D eigenvalue weighted by Crippen LogP contribution is -2.11. The molecule has 1 N–H and O–H groups in total. The average molecular weight is 370 g/mol. The van der Waals surface area contributed by atoms with E-state index < -0.39 is 22.7 Å². The van der Waals surface area contributed by atoms with Crippen LogP contribution in [0, 0.1) is 11.7 Å². The highest BCUT2D eigenvalue weighted by Gasteiger charge is 2.30. The number of aliphatic carboxylic acids is 1. The zero-order chi connectivity index (χ0) is 19.0. The van der Waals surface area contributed by atoms with Gasteiger partial charge >= 0.3 is 5.97 Å². The van der Waals surface area contributed by atoms with E-state index in [1.807, 2.05) is 37.3 Å². The number of hydrogen-bond acceptors (Lipinski definition) is 2. The normalized spacial score (nSPS) is 17.3. The molecule has 2 aromatic carbocycles. The number of hydrogen-bond donors (Lipinski definition) is 1. The maximum atomic E-state index is 13.8. The van der Waals surface area contributed by atoms with Crippen molar-refractivity contribution in [1.29, 1.82) is 0 Å². The predicted molar refractivity (Wildman–Crippen MR) is 102 cm³/mol. The van der Waals surface area contributed by atoms with Crippen LogP contribution < -0.4 is 0 Å². The van der Waals surface area contributed by atoms with E-state index in [0.29, 0.717) is 11.1 Å². The highest BCUT2D eigenvalue weighted by atomic mass is 32.2. The third-order valence-corrected chi connectivity index (χ3v) is 5.63. The van der Waals surface area contributed by atoms with Gasteiger partial charge in [0.15, 0.2) is 0 Å². The SMILES string of the molecule is CC1=C(C(C)C(=O)O)c2cc(F)ccc2C1=Cc1ccc(S(C)=O)cc1. The summed E-state index contributed by atoms with van der Waals surface area (Å²) in [7, 11) is -1.04. The molecule has 3 nitrogen and oxygen atoms in total. The van der Waals surface area contributed by atoms with Crippen molar-refractivity contribution in [2.75, 3.05) is 6.26 Å². The van der Waals surface area contributed by atoms with E-state index in [-0.39, 0.29) is 5.82 Å². The molecule has 0 amide bonds. The van der Waals surface area contributed by atoms with E-state index in [2.05, 4.69) is 0 Å². The lowest BCUT2D eigenvalue weighted by molar-refractivity contribution is -0.139. The van der Waals surface area contributed by atoms with E-state index >= 15 is 0 Å². The maximum Gasteiger partial charge on any atom is 0.310 e. The molecule has 26 heavy (non-hydrogen) atoms. The van der Waals surface area contributed by atoms with Crippen molar-refractivity contribution in [2.24, 2.45) is 5.92 Å². The first-order valence-corrected chi connectivity index (χ1v) is 9.75. The summed E-state index contributed by atoms with van der Waals surface area (Å²) in [6, 6.07) is 11.8. The Morgan fingerprint density at radius 1 is 1.15 bits per heavy atom. The van der Waals surface area contributed by atoms with Crippen molar-refractivity contribution < 1.29 is 18.5 Å². The molecule has 0 saturated carbocycles. The number of carbonyl (C=O) groups is 1. The first-order chi connectivity index (χ1) is 12.3. The van der Waals surface area contributed by atoms with Crippen LogP contribution in [0.1, 0.15) is 30.5 Å². The molecule has 0 spiro atoms. The van der Waals surface area contributed by atoms with Crippen molar-refractivity contribution in [3.63, 3.8) is 0 Å². The Morgan fingerprint density at radius 2 is 1.81 bits per heavy atom. The van der Waals surface area contributed by atoms with Crippen LogP contribution in [-0.2, 0) is 15.6 Å². The van der Waals surface area contributed by atoms with Crippen LogP contribution in [0.25, 0.3) is 17.2 Å². The van der Waals surface area contributed by atoms with E-state index in [1.165, 1.54) is 12.1 Å². The molecular weight excluding hydrogens is 351 g/mol. The fraction of sp³-hybridized carbons (Fsp3) is 0.190. The van der Waals surface area contributed by atoms with E-state index in [4.69, 9.17) is 0 Å². The lowest BCUT2D eigenvalue weighted by atomic mass is 9.94. The van der Waals surface area contributed by atoms with Crippen molar-refractivity contribution in [3.05, 3.63) is 70.5 Å². The minimum atomic E-state index is -1.04. The fourth-order valence-electron chi connectivity index (χ4n) is 3.31. The van der Waals surface area contributed by atoms with Gasteiger partial charge in [0.2, 0.25) is 0 Å². The quantitative estimate of drug-likeness (QED) is 0.855. The van der Waals surface area contributed by atoms with Crippen LogP contribution in [0.4, 0.5) is 4.39 Å². The van der Waals surface area contributed by atoms with E-state index in [0.717, 1.165) is 27.2 Å². The third-order valence-electron chi connectivity index (χ3n) is 4.70. The fourth-order valence-corrected chi connectivity index (χ4v) is 3.83. The molecule has 2 atom stereocenters. The third kappa shape index (κ3) is 3.27. The Bertz CT molecular complexity index is 971. The first-order valence-electron chi connectivity index (χ1n) is 8.19. The van der Waals surface area contributed by atoms with Gasteiger partial charge in [-0.25, -0.2) is 4.39 Å². The molecule has 5 heteroatoms. The minimum Gasteiger partial charge on any atom is -0.481 e. The van der Waals surface area contributed by atoms with E-state index in [9.17, 15) is 18.5 Å². The Kier molecular flexibility index (Phi) is 4.92. The second-order valence-corrected chi connectivity index (χ2v) is 7.75. The monoisotopic (exact) mass is 370 g/mol. The molecule has 134 valence electrons. The van der Waals surface area contributed by atoms with Crippen LogP contribution in [-0.4, -0.2) is 21.5 Å². The number of carboxylic acids is 1. The summed E-state index contributed by atoms with van der Waals surface area (Å²) in [5, 5.41) is 9.44. The summed E-state index contributed by atoms with van der Waals surface area (Å²) in [5.41, 5.74) is 4.74. The molecule has 2 unspecified atom stereocenters. The standard InChI is InChI=1S/C21H19FO3S/c1-12-18(10-14-4-7-16(8-5-14)26(3)25)17-9-6-15(22)11-19(17)20(12)13(2)21(23)24/h4-11,13H,1-3H3,(H,23,24). The Labute approximate surface area is 154 Å². The maximum absolute atomic E-state index is 13.8. The zero-order valence-electron chi connectivity index (χ0n) is 14.7. The predicted octanol–water partition coefficient (Wildman–Crippen LogP) is 4.61. The molecule has 0 bridgehead atoms. The van der Waals surface area contributed by atoms with Crippen molar-refractivity contribution in [1.82, 2.24) is 0 Å². The number of carboxylic acid groups (broad SMARTS) is 1. The van der Waals surface area contributed by atoms with Crippen LogP contribution in [0.2, 0.25) is 0 Å². The number of fused-ring (bicyclic) bond motifs is 1. The summed E-state index contributed by atoms with van der Waals surface area (Å²) in [6.45, 7) is 3.48. The number of halogens is 1. The highest BCUT2D eigenvalue weighted by Crippen LogP contribution is 2.45. The van der Waals surface area contributed by atoms with Crippen LogP contribution in [0.5, 0.6) is 0 Å². The van der Waals surface area contributed by atoms with Gasteiger partial charge < -0.3 is 5.11 Å². The lowest BCUT2D eigenvalue weighted by Gasteiger charge is -2.11. The summed E-state index contributed by atoms with van der Waals surface area (Å²) >= 11 is 0. The smallest absolute Gasteiger partial charge is 0.310 e. The molecule has 1 aliphatic carbocycles. The van der Waals surface area contributed by atoms with Crippen LogP contribution in [0.3, 0.4) is 0 Å². The topological polar surface area (TPSA) is 54.4 Å². The molecule has 0 fully saturated rings. The summed E-state index contributed by atoms with van der Waals surface area (Å²) in [6.07, 6.45) is 3.58. The van der Waals surface area contributed by atoms with Gasteiger partial charge in [-0.05, 0) is 77.6 Å². The summed E-state index contributed by atoms with van der Waals surface area (Å²) in [5.74, 6) is -2.06. The van der Waals surface area contributed by atoms with Gasteiger partial charge in [-0.3, -0.25) is 9.00 Å². The number of benzene rings is 2. The van der Waals surface area contributed by atoms with Gasteiger partial charge in [0, 0.05) is 22.0 Å².